The monoisotopic (exact) mass is 526 g/mol. The van der Waals surface area contributed by atoms with Crippen molar-refractivity contribution in [3.63, 3.8) is 0 Å². The Bertz CT molecular complexity index is 805. The minimum atomic E-state index is -5.60. The van der Waals surface area contributed by atoms with Crippen molar-refractivity contribution in [2.24, 2.45) is 0 Å². The van der Waals surface area contributed by atoms with Gasteiger partial charge in [0.2, 0.25) is 0 Å². The first-order valence-electron chi connectivity index (χ1n) is 11.9. The standard InChI is InChI=1S/C24H35F5N2O5/c1-4-17(3)30-22(34)31(13-7-6-12-23(25,26)24(27,28)29)14-15-36-19-10-8-18(9-11-19)16-20(21(32)33)35-5-2/h8-11,17,20H,4-7,12-16H2,1-3H3,(H,30,34)(H,32,33). The lowest BCUT2D eigenvalue weighted by Crippen LogP contribution is -2.45. The number of carboxylic acid groups (broad SMARTS) is 1. The van der Waals surface area contributed by atoms with Crippen LogP contribution in [0.5, 0.6) is 5.75 Å². The molecule has 0 aliphatic heterocycles. The highest BCUT2D eigenvalue weighted by molar-refractivity contribution is 5.74. The molecule has 1 rings (SSSR count). The number of nitrogens with one attached hydrogen (secondary N) is 1. The minimum Gasteiger partial charge on any atom is -0.492 e. The Morgan fingerprint density at radius 2 is 1.69 bits per heavy atom. The fourth-order valence-corrected chi connectivity index (χ4v) is 3.14. The molecule has 0 radical (unpaired) electrons. The number of alkyl halides is 5. The van der Waals surface area contributed by atoms with Gasteiger partial charge in [0.05, 0.1) is 6.54 Å². The predicted molar refractivity (Wildman–Crippen MR) is 123 cm³/mol. The molecule has 2 atom stereocenters. The summed E-state index contributed by atoms with van der Waals surface area (Å²) in [4.78, 5) is 25.1. The first-order chi connectivity index (χ1) is 16.8. The molecule has 36 heavy (non-hydrogen) atoms. The fourth-order valence-electron chi connectivity index (χ4n) is 3.14. The molecule has 206 valence electrons. The Labute approximate surface area is 207 Å². The molecular formula is C24H35F5N2O5. The van der Waals surface area contributed by atoms with Crippen LogP contribution in [0.3, 0.4) is 0 Å². The van der Waals surface area contributed by atoms with E-state index >= 15 is 0 Å². The first kappa shape index (κ1) is 31.4. The van der Waals surface area contributed by atoms with Gasteiger partial charge in [-0.25, -0.2) is 9.59 Å². The van der Waals surface area contributed by atoms with E-state index in [9.17, 15) is 36.6 Å². The molecule has 0 fully saturated rings. The molecule has 1 aromatic rings. The Hall–Kier alpha value is -2.63. The van der Waals surface area contributed by atoms with E-state index < -0.39 is 43.0 Å². The molecule has 0 saturated carbocycles. The van der Waals surface area contributed by atoms with Crippen LogP contribution in [-0.2, 0) is 16.0 Å². The van der Waals surface area contributed by atoms with Gasteiger partial charge in [-0.15, -0.1) is 0 Å². The first-order valence-corrected chi connectivity index (χ1v) is 11.9. The molecule has 2 amide bonds. The molecule has 2 N–H and O–H groups in total. The molecule has 0 bridgehead atoms. The van der Waals surface area contributed by atoms with Crippen LogP contribution in [0.25, 0.3) is 0 Å². The SMILES string of the molecule is CCOC(Cc1ccc(OCCN(CCCCC(F)(F)C(F)(F)F)C(=O)NC(C)CC)cc1)C(=O)O. The predicted octanol–water partition coefficient (Wildman–Crippen LogP) is 5.28. The smallest absolute Gasteiger partial charge is 0.453 e. The second-order valence-corrected chi connectivity index (χ2v) is 8.38. The summed E-state index contributed by atoms with van der Waals surface area (Å²) >= 11 is 0. The van der Waals surface area contributed by atoms with Crippen molar-refractivity contribution in [1.82, 2.24) is 10.2 Å². The number of carbonyl (C=O) groups is 2. The van der Waals surface area contributed by atoms with Gasteiger partial charge in [-0.1, -0.05) is 19.1 Å². The fraction of sp³-hybridized carbons (Fsp3) is 0.667. The Morgan fingerprint density at radius 1 is 1.06 bits per heavy atom. The lowest BCUT2D eigenvalue weighted by atomic mass is 10.1. The van der Waals surface area contributed by atoms with Crippen LogP contribution < -0.4 is 10.1 Å². The quantitative estimate of drug-likeness (QED) is 0.226. The van der Waals surface area contributed by atoms with Gasteiger partial charge >= 0.3 is 24.1 Å². The molecule has 0 saturated heterocycles. The van der Waals surface area contributed by atoms with Gasteiger partial charge in [0, 0.05) is 32.0 Å². The Morgan fingerprint density at radius 3 is 2.22 bits per heavy atom. The summed E-state index contributed by atoms with van der Waals surface area (Å²) in [5, 5.41) is 11.9. The Balaban J connectivity index is 2.64. The van der Waals surface area contributed by atoms with Crippen LogP contribution in [0.2, 0.25) is 0 Å². The third kappa shape index (κ3) is 11.0. The molecular weight excluding hydrogens is 491 g/mol. The van der Waals surface area contributed by atoms with Crippen LogP contribution >= 0.6 is 0 Å². The highest BCUT2D eigenvalue weighted by Gasteiger charge is 2.56. The van der Waals surface area contributed by atoms with E-state index in [-0.39, 0.29) is 45.2 Å². The van der Waals surface area contributed by atoms with Crippen LogP contribution in [0.1, 0.15) is 52.0 Å². The maximum atomic E-state index is 13.1. The lowest BCUT2D eigenvalue weighted by Gasteiger charge is -2.25. The van der Waals surface area contributed by atoms with Crippen LogP contribution in [0.4, 0.5) is 26.7 Å². The molecule has 0 aromatic heterocycles. The van der Waals surface area contributed by atoms with Gasteiger partial charge in [-0.2, -0.15) is 22.0 Å². The number of urea groups is 1. The van der Waals surface area contributed by atoms with Crippen molar-refractivity contribution >= 4 is 12.0 Å². The van der Waals surface area contributed by atoms with Gasteiger partial charge in [0.15, 0.2) is 6.10 Å². The summed E-state index contributed by atoms with van der Waals surface area (Å²) in [6.07, 6.45) is -7.49. The number of halogens is 5. The number of ether oxygens (including phenoxy) is 2. The van der Waals surface area contributed by atoms with Crippen molar-refractivity contribution in [3.05, 3.63) is 29.8 Å². The highest BCUT2D eigenvalue weighted by Crippen LogP contribution is 2.39. The van der Waals surface area contributed by atoms with Gasteiger partial charge in [0.1, 0.15) is 12.4 Å². The highest BCUT2D eigenvalue weighted by atomic mass is 19.4. The molecule has 12 heteroatoms. The molecule has 2 unspecified atom stereocenters. The average molecular weight is 527 g/mol. The summed E-state index contributed by atoms with van der Waals surface area (Å²) in [7, 11) is 0. The summed E-state index contributed by atoms with van der Waals surface area (Å²) in [5.74, 6) is -5.36. The topological polar surface area (TPSA) is 88.1 Å². The van der Waals surface area contributed by atoms with Crippen LogP contribution in [-0.4, -0.2) is 72.6 Å². The maximum Gasteiger partial charge on any atom is 0.453 e. The van der Waals surface area contributed by atoms with Crippen molar-refractivity contribution in [1.29, 1.82) is 0 Å². The number of unbranched alkanes of at least 4 members (excludes halogenated alkanes) is 1. The second-order valence-electron chi connectivity index (χ2n) is 8.38. The van der Waals surface area contributed by atoms with E-state index in [0.29, 0.717) is 12.2 Å². The largest absolute Gasteiger partial charge is 0.492 e. The summed E-state index contributed by atoms with van der Waals surface area (Å²) in [6, 6.07) is 6.07. The van der Waals surface area contributed by atoms with Crippen molar-refractivity contribution < 1.29 is 46.1 Å². The number of carbonyl (C=O) groups excluding carboxylic acids is 1. The summed E-state index contributed by atoms with van der Waals surface area (Å²) in [5.41, 5.74) is 0.730. The number of aliphatic carboxylic acids is 1. The number of hydrogen-bond acceptors (Lipinski definition) is 4. The number of rotatable bonds is 16. The van der Waals surface area contributed by atoms with E-state index in [1.54, 1.807) is 38.1 Å². The number of carboxylic acids is 1. The zero-order valence-electron chi connectivity index (χ0n) is 20.7. The molecule has 0 spiro atoms. The maximum absolute atomic E-state index is 13.1. The molecule has 1 aromatic carbocycles. The van der Waals surface area contributed by atoms with Crippen molar-refractivity contribution in [3.8, 4) is 5.75 Å². The van der Waals surface area contributed by atoms with E-state index in [1.807, 2.05) is 6.92 Å². The van der Waals surface area contributed by atoms with Gasteiger partial charge in [0.25, 0.3) is 0 Å². The Kier molecular flexibility index (Phi) is 12.9. The third-order valence-corrected chi connectivity index (χ3v) is 5.47. The summed E-state index contributed by atoms with van der Waals surface area (Å²) in [6.45, 7) is 5.77. The van der Waals surface area contributed by atoms with Gasteiger partial charge < -0.3 is 24.8 Å². The minimum absolute atomic E-state index is 0.00743. The number of hydrogen-bond donors (Lipinski definition) is 2. The average Bonchev–Trinajstić information content (AvgIpc) is 2.80. The van der Waals surface area contributed by atoms with E-state index in [4.69, 9.17) is 9.47 Å². The third-order valence-electron chi connectivity index (χ3n) is 5.47. The van der Waals surface area contributed by atoms with Crippen LogP contribution in [0, 0.1) is 0 Å². The van der Waals surface area contributed by atoms with Gasteiger partial charge in [-0.05, 0) is 50.8 Å². The number of amides is 2. The summed E-state index contributed by atoms with van der Waals surface area (Å²) < 4.78 is 74.1. The normalized spacial score (nSPS) is 13.7. The number of benzene rings is 1. The number of nitrogens with zero attached hydrogens (tertiary/aromatic N) is 1. The van der Waals surface area contributed by atoms with E-state index in [2.05, 4.69) is 5.32 Å². The van der Waals surface area contributed by atoms with Crippen molar-refractivity contribution in [2.75, 3.05) is 26.3 Å². The van der Waals surface area contributed by atoms with E-state index in [0.717, 1.165) is 5.56 Å². The van der Waals surface area contributed by atoms with E-state index in [1.165, 1.54) is 4.90 Å². The lowest BCUT2D eigenvalue weighted by molar-refractivity contribution is -0.284. The van der Waals surface area contributed by atoms with Crippen LogP contribution in [0.15, 0.2) is 24.3 Å². The molecule has 0 aliphatic rings. The molecule has 0 heterocycles. The van der Waals surface area contributed by atoms with Gasteiger partial charge in [-0.3, -0.25) is 0 Å². The molecule has 7 nitrogen and oxygen atoms in total. The van der Waals surface area contributed by atoms with Crippen molar-refractivity contribution in [2.45, 2.75) is 77.1 Å². The second kappa shape index (κ2) is 14.8. The zero-order chi connectivity index (χ0) is 27.4. The molecule has 0 aliphatic carbocycles. The zero-order valence-corrected chi connectivity index (χ0v) is 20.7.